The Balaban J connectivity index is 1.40. The fourth-order valence-corrected chi connectivity index (χ4v) is 4.32. The van der Waals surface area contributed by atoms with E-state index >= 15 is 0 Å². The van der Waals surface area contributed by atoms with E-state index in [0.717, 1.165) is 12.0 Å². The standard InChI is InChI=1S/C18H32N2/c1-2-7-11-18(10-6-1)20-14-12-19(13-15-20)16-17-8-4-3-5-9-17/h3-4,17-18H,1-2,5-16H2. The molecule has 0 spiro atoms. The van der Waals surface area contributed by atoms with E-state index in [-0.39, 0.29) is 0 Å². The molecule has 1 saturated carbocycles. The highest BCUT2D eigenvalue weighted by atomic mass is 15.3. The molecule has 114 valence electrons. The van der Waals surface area contributed by atoms with E-state index in [0.29, 0.717) is 0 Å². The van der Waals surface area contributed by atoms with Crippen LogP contribution in [0.25, 0.3) is 0 Å². The molecule has 3 rings (SSSR count). The average Bonchev–Trinajstić information content (AvgIpc) is 2.78. The zero-order valence-electron chi connectivity index (χ0n) is 13.1. The zero-order chi connectivity index (χ0) is 13.6. The van der Waals surface area contributed by atoms with Crippen LogP contribution in [0, 0.1) is 5.92 Å². The Kier molecular flexibility index (Phi) is 5.55. The van der Waals surface area contributed by atoms with Crippen molar-refractivity contribution >= 4 is 0 Å². The van der Waals surface area contributed by atoms with Crippen LogP contribution in [0.4, 0.5) is 0 Å². The fraction of sp³-hybridized carbons (Fsp3) is 0.889. The minimum absolute atomic E-state index is 0.914. The summed E-state index contributed by atoms with van der Waals surface area (Å²) in [6.07, 6.45) is 17.6. The molecule has 1 heterocycles. The Bertz CT molecular complexity index is 297. The second kappa shape index (κ2) is 7.61. The summed E-state index contributed by atoms with van der Waals surface area (Å²) in [4.78, 5) is 5.54. The molecular weight excluding hydrogens is 244 g/mol. The van der Waals surface area contributed by atoms with Crippen molar-refractivity contribution in [3.63, 3.8) is 0 Å². The highest BCUT2D eigenvalue weighted by Gasteiger charge is 2.25. The molecule has 2 nitrogen and oxygen atoms in total. The van der Waals surface area contributed by atoms with Gasteiger partial charge in [-0.25, -0.2) is 0 Å². The van der Waals surface area contributed by atoms with Gasteiger partial charge in [-0.1, -0.05) is 37.8 Å². The van der Waals surface area contributed by atoms with Crippen molar-refractivity contribution in [3.8, 4) is 0 Å². The maximum atomic E-state index is 2.81. The Morgan fingerprint density at radius 1 is 0.800 bits per heavy atom. The molecule has 0 aromatic carbocycles. The van der Waals surface area contributed by atoms with Crippen molar-refractivity contribution in [2.24, 2.45) is 5.92 Å². The molecular formula is C18H32N2. The Hall–Kier alpha value is -0.340. The van der Waals surface area contributed by atoms with Crippen molar-refractivity contribution in [2.45, 2.75) is 63.8 Å². The normalized spacial score (nSPS) is 31.3. The zero-order valence-corrected chi connectivity index (χ0v) is 13.1. The van der Waals surface area contributed by atoms with E-state index < -0.39 is 0 Å². The van der Waals surface area contributed by atoms with Gasteiger partial charge in [-0.15, -0.1) is 0 Å². The van der Waals surface area contributed by atoms with Gasteiger partial charge >= 0.3 is 0 Å². The number of allylic oxidation sites excluding steroid dienone is 2. The minimum atomic E-state index is 0.914. The molecule has 1 atom stereocenters. The molecule has 0 bridgehead atoms. The Labute approximate surface area is 125 Å². The van der Waals surface area contributed by atoms with E-state index in [1.165, 1.54) is 90.5 Å². The first kappa shape index (κ1) is 14.6. The quantitative estimate of drug-likeness (QED) is 0.573. The summed E-state index contributed by atoms with van der Waals surface area (Å²) in [6.45, 7) is 6.64. The van der Waals surface area contributed by atoms with Crippen LogP contribution < -0.4 is 0 Å². The number of piperazine rings is 1. The number of hydrogen-bond donors (Lipinski definition) is 0. The summed E-state index contributed by atoms with van der Waals surface area (Å²) in [6, 6.07) is 0.914. The largest absolute Gasteiger partial charge is 0.301 e. The highest BCUT2D eigenvalue weighted by Crippen LogP contribution is 2.24. The van der Waals surface area contributed by atoms with Crippen LogP contribution in [-0.2, 0) is 0 Å². The van der Waals surface area contributed by atoms with Crippen LogP contribution in [0.15, 0.2) is 12.2 Å². The Morgan fingerprint density at radius 2 is 1.55 bits per heavy atom. The monoisotopic (exact) mass is 276 g/mol. The van der Waals surface area contributed by atoms with Crippen molar-refractivity contribution in [1.82, 2.24) is 9.80 Å². The summed E-state index contributed by atoms with van der Waals surface area (Å²) >= 11 is 0. The molecule has 20 heavy (non-hydrogen) atoms. The lowest BCUT2D eigenvalue weighted by Crippen LogP contribution is -2.51. The topological polar surface area (TPSA) is 6.48 Å². The molecule has 2 heteroatoms. The lowest BCUT2D eigenvalue weighted by atomic mass is 9.93. The maximum Gasteiger partial charge on any atom is 0.0113 e. The van der Waals surface area contributed by atoms with E-state index in [2.05, 4.69) is 22.0 Å². The molecule has 2 fully saturated rings. The summed E-state index contributed by atoms with van der Waals surface area (Å²) < 4.78 is 0. The van der Waals surface area contributed by atoms with Gasteiger partial charge in [-0.2, -0.15) is 0 Å². The van der Waals surface area contributed by atoms with Crippen LogP contribution >= 0.6 is 0 Å². The van der Waals surface area contributed by atoms with Gasteiger partial charge in [0.1, 0.15) is 0 Å². The van der Waals surface area contributed by atoms with Gasteiger partial charge < -0.3 is 4.90 Å². The van der Waals surface area contributed by atoms with Crippen molar-refractivity contribution in [2.75, 3.05) is 32.7 Å². The van der Waals surface area contributed by atoms with Crippen molar-refractivity contribution in [3.05, 3.63) is 12.2 Å². The van der Waals surface area contributed by atoms with Gasteiger partial charge in [0.25, 0.3) is 0 Å². The van der Waals surface area contributed by atoms with Gasteiger partial charge in [0.15, 0.2) is 0 Å². The Morgan fingerprint density at radius 3 is 2.20 bits per heavy atom. The molecule has 0 aromatic rings. The number of rotatable bonds is 3. The first-order valence-corrected chi connectivity index (χ1v) is 9.03. The third-order valence-corrected chi connectivity index (χ3v) is 5.64. The summed E-state index contributed by atoms with van der Waals surface area (Å²) in [7, 11) is 0. The van der Waals surface area contributed by atoms with E-state index in [9.17, 15) is 0 Å². The number of hydrogen-bond acceptors (Lipinski definition) is 2. The maximum absolute atomic E-state index is 2.81. The molecule has 0 N–H and O–H groups in total. The predicted molar refractivity (Wildman–Crippen MR) is 86.0 cm³/mol. The lowest BCUT2D eigenvalue weighted by molar-refractivity contribution is 0.0787. The third-order valence-electron chi connectivity index (χ3n) is 5.64. The van der Waals surface area contributed by atoms with Gasteiger partial charge in [0, 0.05) is 38.8 Å². The first-order chi connectivity index (χ1) is 9.92. The average molecular weight is 276 g/mol. The molecule has 1 aliphatic heterocycles. The molecule has 0 aromatic heterocycles. The fourth-order valence-electron chi connectivity index (χ4n) is 4.32. The van der Waals surface area contributed by atoms with Crippen LogP contribution in [-0.4, -0.2) is 48.6 Å². The summed E-state index contributed by atoms with van der Waals surface area (Å²) in [5.74, 6) is 0.935. The minimum Gasteiger partial charge on any atom is -0.301 e. The van der Waals surface area contributed by atoms with Gasteiger partial charge in [0.05, 0.1) is 0 Å². The molecule has 1 unspecified atom stereocenters. The summed E-state index contributed by atoms with van der Waals surface area (Å²) in [5, 5.41) is 0. The van der Waals surface area contributed by atoms with Crippen molar-refractivity contribution < 1.29 is 0 Å². The van der Waals surface area contributed by atoms with E-state index in [1.54, 1.807) is 0 Å². The SMILES string of the molecule is C1=CCC(CN2CCN(C3CCCCCC3)CC2)CC1. The molecule has 1 saturated heterocycles. The lowest BCUT2D eigenvalue weighted by Gasteiger charge is -2.40. The summed E-state index contributed by atoms with van der Waals surface area (Å²) in [5.41, 5.74) is 0. The third kappa shape index (κ3) is 4.08. The van der Waals surface area contributed by atoms with Crippen LogP contribution in [0.1, 0.15) is 57.8 Å². The molecule has 0 radical (unpaired) electrons. The molecule has 2 aliphatic carbocycles. The molecule has 0 amide bonds. The smallest absolute Gasteiger partial charge is 0.0113 e. The first-order valence-electron chi connectivity index (χ1n) is 9.03. The second-order valence-electron chi connectivity index (χ2n) is 7.13. The van der Waals surface area contributed by atoms with Crippen LogP contribution in [0.2, 0.25) is 0 Å². The van der Waals surface area contributed by atoms with E-state index in [4.69, 9.17) is 0 Å². The van der Waals surface area contributed by atoms with Crippen LogP contribution in [0.5, 0.6) is 0 Å². The second-order valence-corrected chi connectivity index (χ2v) is 7.13. The number of nitrogens with zero attached hydrogens (tertiary/aromatic N) is 2. The predicted octanol–water partition coefficient (Wildman–Crippen LogP) is 3.68. The van der Waals surface area contributed by atoms with Crippen molar-refractivity contribution in [1.29, 1.82) is 0 Å². The van der Waals surface area contributed by atoms with Gasteiger partial charge in [0.2, 0.25) is 0 Å². The van der Waals surface area contributed by atoms with Crippen LogP contribution in [0.3, 0.4) is 0 Å². The van der Waals surface area contributed by atoms with Gasteiger partial charge in [-0.05, 0) is 38.0 Å². The van der Waals surface area contributed by atoms with E-state index in [1.807, 2.05) is 0 Å². The molecule has 3 aliphatic rings. The van der Waals surface area contributed by atoms with Gasteiger partial charge in [-0.3, -0.25) is 4.90 Å². The highest BCUT2D eigenvalue weighted by molar-refractivity contribution is 4.91.